The van der Waals surface area contributed by atoms with Crippen LogP contribution in [0.3, 0.4) is 0 Å². The van der Waals surface area contributed by atoms with Crippen molar-refractivity contribution in [2.75, 3.05) is 18.5 Å². The van der Waals surface area contributed by atoms with Crippen LogP contribution in [0.15, 0.2) is 48.5 Å². The number of hydrogen-bond acceptors (Lipinski definition) is 4. The molecule has 2 N–H and O–H groups in total. The highest BCUT2D eigenvalue weighted by Crippen LogP contribution is 2.12. The number of nitrogens with one attached hydrogen (secondary N) is 1. The SMILES string of the molecule is N#Cc1ccc(NCC(O)COc2ccc(F)cc2)cc1. The van der Waals surface area contributed by atoms with Gasteiger partial charge in [0.1, 0.15) is 24.3 Å². The van der Waals surface area contributed by atoms with Crippen LogP contribution in [0.4, 0.5) is 10.1 Å². The number of rotatable bonds is 6. The molecule has 0 fully saturated rings. The van der Waals surface area contributed by atoms with E-state index in [1.165, 1.54) is 24.3 Å². The van der Waals surface area contributed by atoms with Crippen molar-refractivity contribution in [3.05, 3.63) is 59.9 Å². The van der Waals surface area contributed by atoms with Gasteiger partial charge < -0.3 is 15.2 Å². The number of nitriles is 1. The Balaban J connectivity index is 1.75. The van der Waals surface area contributed by atoms with E-state index in [-0.39, 0.29) is 12.4 Å². The average Bonchev–Trinajstić information content (AvgIpc) is 2.53. The predicted octanol–water partition coefficient (Wildman–Crippen LogP) is 2.55. The van der Waals surface area contributed by atoms with E-state index >= 15 is 0 Å². The Bertz CT molecular complexity index is 606. The second kappa shape index (κ2) is 7.27. The van der Waals surface area contributed by atoms with Gasteiger partial charge in [0, 0.05) is 12.2 Å². The number of ether oxygens (including phenoxy) is 1. The topological polar surface area (TPSA) is 65.3 Å². The first-order valence-corrected chi connectivity index (χ1v) is 6.48. The fourth-order valence-corrected chi connectivity index (χ4v) is 1.68. The predicted molar refractivity (Wildman–Crippen MR) is 77.5 cm³/mol. The maximum absolute atomic E-state index is 12.7. The van der Waals surface area contributed by atoms with Gasteiger partial charge in [-0.25, -0.2) is 4.39 Å². The molecular weight excluding hydrogens is 271 g/mol. The van der Waals surface area contributed by atoms with Crippen molar-refractivity contribution in [2.24, 2.45) is 0 Å². The second-order valence-corrected chi connectivity index (χ2v) is 4.49. The highest BCUT2D eigenvalue weighted by molar-refractivity contribution is 5.47. The lowest BCUT2D eigenvalue weighted by molar-refractivity contribution is 0.117. The molecule has 1 atom stereocenters. The summed E-state index contributed by atoms with van der Waals surface area (Å²) < 4.78 is 18.1. The maximum atomic E-state index is 12.7. The van der Waals surface area contributed by atoms with Gasteiger partial charge in [0.05, 0.1) is 11.6 Å². The van der Waals surface area contributed by atoms with Crippen molar-refractivity contribution in [2.45, 2.75) is 6.10 Å². The molecule has 2 rings (SSSR count). The molecule has 2 aromatic rings. The molecule has 4 nitrogen and oxygen atoms in total. The molecule has 0 bridgehead atoms. The second-order valence-electron chi connectivity index (χ2n) is 4.49. The van der Waals surface area contributed by atoms with Crippen molar-refractivity contribution in [1.29, 1.82) is 5.26 Å². The third-order valence-corrected chi connectivity index (χ3v) is 2.81. The Labute approximate surface area is 122 Å². The summed E-state index contributed by atoms with van der Waals surface area (Å²) in [6.45, 7) is 0.419. The van der Waals surface area contributed by atoms with Crippen LogP contribution in [0.25, 0.3) is 0 Å². The minimum Gasteiger partial charge on any atom is -0.491 e. The van der Waals surface area contributed by atoms with E-state index in [4.69, 9.17) is 10.00 Å². The van der Waals surface area contributed by atoms with Crippen LogP contribution in [-0.2, 0) is 0 Å². The van der Waals surface area contributed by atoms with Crippen LogP contribution in [-0.4, -0.2) is 24.4 Å². The quantitative estimate of drug-likeness (QED) is 0.856. The summed E-state index contributed by atoms with van der Waals surface area (Å²) in [5.41, 5.74) is 1.40. The van der Waals surface area contributed by atoms with Gasteiger partial charge in [0.2, 0.25) is 0 Å². The minimum atomic E-state index is -0.703. The number of aliphatic hydroxyl groups excluding tert-OH is 1. The minimum absolute atomic E-state index is 0.106. The zero-order valence-corrected chi connectivity index (χ0v) is 11.3. The third-order valence-electron chi connectivity index (χ3n) is 2.81. The molecule has 0 amide bonds. The normalized spacial score (nSPS) is 11.5. The van der Waals surface area contributed by atoms with Crippen LogP contribution < -0.4 is 10.1 Å². The highest BCUT2D eigenvalue weighted by atomic mass is 19.1. The third kappa shape index (κ3) is 4.79. The van der Waals surface area contributed by atoms with Gasteiger partial charge in [0.15, 0.2) is 0 Å². The molecule has 0 aromatic heterocycles. The summed E-state index contributed by atoms with van der Waals surface area (Å²) >= 11 is 0. The molecule has 0 aliphatic carbocycles. The molecule has 21 heavy (non-hydrogen) atoms. The first kappa shape index (κ1) is 14.8. The first-order chi connectivity index (χ1) is 10.2. The molecule has 0 spiro atoms. The summed E-state index contributed by atoms with van der Waals surface area (Å²) in [5.74, 6) is 0.180. The average molecular weight is 286 g/mol. The van der Waals surface area contributed by atoms with Gasteiger partial charge in [-0.05, 0) is 48.5 Å². The van der Waals surface area contributed by atoms with Crippen LogP contribution in [0.1, 0.15) is 5.56 Å². The summed E-state index contributed by atoms with van der Waals surface area (Å²) in [4.78, 5) is 0. The summed E-state index contributed by atoms with van der Waals surface area (Å²) in [7, 11) is 0. The van der Waals surface area contributed by atoms with Crippen LogP contribution >= 0.6 is 0 Å². The molecule has 0 radical (unpaired) electrons. The van der Waals surface area contributed by atoms with Crippen LogP contribution in [0.2, 0.25) is 0 Å². The molecular formula is C16H15FN2O2. The Morgan fingerprint density at radius 1 is 1.14 bits per heavy atom. The first-order valence-electron chi connectivity index (χ1n) is 6.48. The van der Waals surface area contributed by atoms with E-state index in [0.29, 0.717) is 17.9 Å². The fraction of sp³-hybridized carbons (Fsp3) is 0.188. The lowest BCUT2D eigenvalue weighted by Crippen LogP contribution is -2.26. The van der Waals surface area contributed by atoms with E-state index < -0.39 is 6.10 Å². The van der Waals surface area contributed by atoms with E-state index in [9.17, 15) is 9.50 Å². The Kier molecular flexibility index (Phi) is 5.13. The van der Waals surface area contributed by atoms with Gasteiger partial charge in [-0.2, -0.15) is 5.26 Å². The molecule has 0 aliphatic rings. The molecule has 0 saturated carbocycles. The standard InChI is InChI=1S/C16H15FN2O2/c17-13-3-7-16(8-4-13)21-11-15(20)10-19-14-5-1-12(9-18)2-6-14/h1-8,15,19-20H,10-11H2. The van der Waals surface area contributed by atoms with Gasteiger partial charge in [-0.3, -0.25) is 0 Å². The smallest absolute Gasteiger partial charge is 0.123 e. The largest absolute Gasteiger partial charge is 0.491 e. The number of hydrogen-bond donors (Lipinski definition) is 2. The molecule has 2 aromatic carbocycles. The highest BCUT2D eigenvalue weighted by Gasteiger charge is 2.05. The van der Waals surface area contributed by atoms with E-state index in [1.807, 2.05) is 6.07 Å². The lowest BCUT2D eigenvalue weighted by Gasteiger charge is -2.14. The Morgan fingerprint density at radius 2 is 1.81 bits per heavy atom. The van der Waals surface area contributed by atoms with E-state index in [0.717, 1.165) is 5.69 Å². The molecule has 5 heteroatoms. The number of halogens is 1. The van der Waals surface area contributed by atoms with Gasteiger partial charge >= 0.3 is 0 Å². The summed E-state index contributed by atoms with van der Waals surface area (Å²) in [6, 6.07) is 14.6. The molecule has 0 heterocycles. The Morgan fingerprint density at radius 3 is 2.43 bits per heavy atom. The number of aliphatic hydroxyl groups is 1. The molecule has 108 valence electrons. The van der Waals surface area contributed by atoms with Crippen LogP contribution in [0.5, 0.6) is 5.75 Å². The Hall–Kier alpha value is -2.58. The monoisotopic (exact) mass is 286 g/mol. The van der Waals surface area contributed by atoms with Crippen molar-refractivity contribution < 1.29 is 14.2 Å². The van der Waals surface area contributed by atoms with Gasteiger partial charge in [0.25, 0.3) is 0 Å². The lowest BCUT2D eigenvalue weighted by atomic mass is 10.2. The van der Waals surface area contributed by atoms with Crippen molar-refractivity contribution >= 4 is 5.69 Å². The zero-order valence-electron chi connectivity index (χ0n) is 11.3. The molecule has 1 unspecified atom stereocenters. The van der Waals surface area contributed by atoms with E-state index in [1.54, 1.807) is 24.3 Å². The molecule has 0 saturated heterocycles. The van der Waals surface area contributed by atoms with Gasteiger partial charge in [-0.1, -0.05) is 0 Å². The van der Waals surface area contributed by atoms with Crippen molar-refractivity contribution in [3.63, 3.8) is 0 Å². The fourth-order valence-electron chi connectivity index (χ4n) is 1.68. The van der Waals surface area contributed by atoms with Crippen LogP contribution in [0, 0.1) is 17.1 Å². The number of benzene rings is 2. The maximum Gasteiger partial charge on any atom is 0.123 e. The number of nitrogens with zero attached hydrogens (tertiary/aromatic N) is 1. The summed E-state index contributed by atoms with van der Waals surface area (Å²) in [6.07, 6.45) is -0.703. The van der Waals surface area contributed by atoms with Crippen molar-refractivity contribution in [3.8, 4) is 11.8 Å². The number of anilines is 1. The summed E-state index contributed by atoms with van der Waals surface area (Å²) in [5, 5.41) is 21.5. The molecule has 0 aliphatic heterocycles. The van der Waals surface area contributed by atoms with E-state index in [2.05, 4.69) is 5.32 Å². The van der Waals surface area contributed by atoms with Gasteiger partial charge in [-0.15, -0.1) is 0 Å². The zero-order chi connectivity index (χ0) is 15.1. The van der Waals surface area contributed by atoms with Crippen molar-refractivity contribution in [1.82, 2.24) is 0 Å².